The van der Waals surface area contributed by atoms with Crippen LogP contribution in [0.3, 0.4) is 0 Å². The van der Waals surface area contributed by atoms with E-state index in [1.54, 1.807) is 17.0 Å². The van der Waals surface area contributed by atoms with Crippen molar-refractivity contribution in [2.24, 2.45) is 5.92 Å². The first-order valence-corrected chi connectivity index (χ1v) is 10.6. The van der Waals surface area contributed by atoms with Crippen LogP contribution < -0.4 is 5.32 Å². The molecule has 2 aliphatic rings. The minimum Gasteiger partial charge on any atom is -0.353 e. The van der Waals surface area contributed by atoms with Crippen LogP contribution in [0.2, 0.25) is 0 Å². The highest BCUT2D eigenvalue weighted by molar-refractivity contribution is 5.98. The van der Waals surface area contributed by atoms with E-state index in [1.165, 1.54) is 36.4 Å². The fraction of sp³-hybridized carbons (Fsp3) is 0.417. The smallest absolute Gasteiger partial charge is 0.256 e. The summed E-state index contributed by atoms with van der Waals surface area (Å²) in [5.41, 5.74) is 0.253. The van der Waals surface area contributed by atoms with Crippen LogP contribution in [0.15, 0.2) is 48.5 Å². The summed E-state index contributed by atoms with van der Waals surface area (Å²) in [6.07, 6.45) is 3.11. The predicted octanol–water partition coefficient (Wildman–Crippen LogP) is 4.03. The van der Waals surface area contributed by atoms with Crippen LogP contribution >= 0.6 is 0 Å². The number of hydrogen-bond donors (Lipinski definition) is 1. The maximum absolute atomic E-state index is 13.4. The van der Waals surface area contributed by atoms with Gasteiger partial charge in [-0.2, -0.15) is 0 Å². The van der Waals surface area contributed by atoms with Crippen LogP contribution in [0.25, 0.3) is 0 Å². The molecule has 7 heteroatoms. The Balaban J connectivity index is 1.56. The molecule has 5 nitrogen and oxygen atoms in total. The molecule has 164 valence electrons. The molecular weight excluding hydrogens is 402 g/mol. The number of nitrogens with zero attached hydrogens (tertiary/aromatic N) is 1. The number of nitrogens with one attached hydrogen (secondary N) is 1. The Bertz CT molecular complexity index is 938. The minimum absolute atomic E-state index is 0.108. The number of halogens is 2. The van der Waals surface area contributed by atoms with E-state index in [4.69, 9.17) is 4.74 Å². The van der Waals surface area contributed by atoms with Gasteiger partial charge in [0.05, 0.1) is 6.61 Å². The van der Waals surface area contributed by atoms with Gasteiger partial charge in [0.25, 0.3) is 5.91 Å². The number of carbonyl (C=O) groups excluding carboxylic acids is 2. The average Bonchev–Trinajstić information content (AvgIpc) is 3.14. The third kappa shape index (κ3) is 4.46. The van der Waals surface area contributed by atoms with Gasteiger partial charge in [0.1, 0.15) is 23.4 Å². The molecule has 1 saturated carbocycles. The molecule has 1 unspecified atom stereocenters. The van der Waals surface area contributed by atoms with Crippen molar-refractivity contribution >= 4 is 11.8 Å². The van der Waals surface area contributed by atoms with Gasteiger partial charge >= 0.3 is 0 Å². The van der Waals surface area contributed by atoms with Gasteiger partial charge in [0, 0.05) is 12.1 Å². The van der Waals surface area contributed by atoms with Crippen LogP contribution in [0.5, 0.6) is 0 Å². The zero-order valence-corrected chi connectivity index (χ0v) is 17.4. The van der Waals surface area contributed by atoms with Crippen molar-refractivity contribution in [3.8, 4) is 0 Å². The molecule has 2 fully saturated rings. The molecule has 1 saturated heterocycles. The van der Waals surface area contributed by atoms with Gasteiger partial charge in [-0.3, -0.25) is 14.5 Å². The van der Waals surface area contributed by atoms with Gasteiger partial charge in [-0.15, -0.1) is 0 Å². The highest BCUT2D eigenvalue weighted by Crippen LogP contribution is 2.43. The van der Waals surface area contributed by atoms with Crippen LogP contribution in [-0.2, 0) is 16.1 Å². The van der Waals surface area contributed by atoms with Gasteiger partial charge < -0.3 is 10.1 Å². The molecule has 0 radical (unpaired) electrons. The minimum atomic E-state index is -0.824. The first-order valence-electron chi connectivity index (χ1n) is 10.6. The molecule has 1 aliphatic heterocycles. The van der Waals surface area contributed by atoms with Gasteiger partial charge in [-0.05, 0) is 73.6 Å². The third-order valence-corrected chi connectivity index (χ3v) is 6.31. The average molecular weight is 428 g/mol. The van der Waals surface area contributed by atoms with E-state index in [0.29, 0.717) is 24.3 Å². The summed E-state index contributed by atoms with van der Waals surface area (Å²) in [6.45, 7) is 2.50. The van der Waals surface area contributed by atoms with Crippen molar-refractivity contribution in [2.75, 3.05) is 6.61 Å². The van der Waals surface area contributed by atoms with E-state index in [-0.39, 0.29) is 30.8 Å². The summed E-state index contributed by atoms with van der Waals surface area (Å²) in [5.74, 6) is -0.902. The first-order chi connectivity index (χ1) is 14.9. The Labute approximate surface area is 180 Å². The molecule has 1 heterocycles. The van der Waals surface area contributed by atoms with E-state index in [1.807, 2.05) is 0 Å². The molecule has 0 bridgehead atoms. The van der Waals surface area contributed by atoms with Crippen LogP contribution in [0.4, 0.5) is 8.78 Å². The fourth-order valence-corrected chi connectivity index (χ4v) is 4.42. The molecule has 2 amide bonds. The number of benzene rings is 2. The second kappa shape index (κ2) is 8.75. The molecule has 31 heavy (non-hydrogen) atoms. The summed E-state index contributed by atoms with van der Waals surface area (Å²) in [4.78, 5) is 28.1. The van der Waals surface area contributed by atoms with E-state index >= 15 is 0 Å². The van der Waals surface area contributed by atoms with Gasteiger partial charge in [0.15, 0.2) is 0 Å². The SMILES string of the molecule is CC1CCC2(CC1)OCC(C(=O)NCc1ccc(F)cc1)N2C(=O)c1ccc(F)cc1. The standard InChI is InChI=1S/C24H26F2N2O3/c1-16-10-12-24(13-11-16)28(23(30)18-4-8-20(26)9-5-18)21(15-31-24)22(29)27-14-17-2-6-19(25)7-3-17/h2-9,16,21H,10-15H2,1H3,(H,27,29). The van der Waals surface area contributed by atoms with Gasteiger partial charge in [-0.25, -0.2) is 8.78 Å². The maximum Gasteiger partial charge on any atom is 0.256 e. The molecule has 0 aromatic heterocycles. The second-order valence-electron chi connectivity index (χ2n) is 8.48. The monoisotopic (exact) mass is 428 g/mol. The summed E-state index contributed by atoms with van der Waals surface area (Å²) in [7, 11) is 0. The Hall–Kier alpha value is -2.80. The maximum atomic E-state index is 13.4. The Morgan fingerprint density at radius 1 is 1.03 bits per heavy atom. The Morgan fingerprint density at radius 3 is 2.23 bits per heavy atom. The van der Waals surface area contributed by atoms with Crippen molar-refractivity contribution in [2.45, 2.75) is 50.9 Å². The lowest BCUT2D eigenvalue weighted by Crippen LogP contribution is -2.56. The number of rotatable bonds is 4. The number of amides is 2. The number of hydrogen-bond acceptors (Lipinski definition) is 3. The third-order valence-electron chi connectivity index (χ3n) is 6.31. The topological polar surface area (TPSA) is 58.6 Å². The van der Waals surface area contributed by atoms with E-state index < -0.39 is 17.6 Å². The van der Waals surface area contributed by atoms with Crippen LogP contribution in [0, 0.1) is 17.6 Å². The summed E-state index contributed by atoms with van der Waals surface area (Å²) >= 11 is 0. The zero-order valence-electron chi connectivity index (χ0n) is 17.4. The first kappa shape index (κ1) is 21.4. The fourth-order valence-electron chi connectivity index (χ4n) is 4.42. The van der Waals surface area contributed by atoms with Crippen molar-refractivity contribution in [1.82, 2.24) is 10.2 Å². The molecule has 1 spiro atoms. The lowest BCUT2D eigenvalue weighted by Gasteiger charge is -2.43. The molecule has 1 atom stereocenters. The van der Waals surface area contributed by atoms with Crippen LogP contribution in [-0.4, -0.2) is 35.1 Å². The van der Waals surface area contributed by atoms with E-state index in [9.17, 15) is 18.4 Å². The molecule has 2 aromatic carbocycles. The summed E-state index contributed by atoms with van der Waals surface area (Å²) in [5, 5.41) is 2.84. The summed E-state index contributed by atoms with van der Waals surface area (Å²) < 4.78 is 32.6. The van der Waals surface area contributed by atoms with Crippen molar-refractivity contribution in [1.29, 1.82) is 0 Å². The largest absolute Gasteiger partial charge is 0.353 e. The highest BCUT2D eigenvalue weighted by Gasteiger charge is 2.53. The molecular formula is C24H26F2N2O3. The second-order valence-corrected chi connectivity index (χ2v) is 8.48. The van der Waals surface area contributed by atoms with E-state index in [2.05, 4.69) is 12.2 Å². The van der Waals surface area contributed by atoms with Crippen LogP contribution in [0.1, 0.15) is 48.5 Å². The predicted molar refractivity (Wildman–Crippen MR) is 111 cm³/mol. The normalized spacial score (nSPS) is 25.6. The Kier molecular flexibility index (Phi) is 6.05. The van der Waals surface area contributed by atoms with Crippen molar-refractivity contribution in [3.05, 3.63) is 71.3 Å². The van der Waals surface area contributed by atoms with Gasteiger partial charge in [0.2, 0.25) is 5.91 Å². The number of ether oxygens (including phenoxy) is 1. The molecule has 1 aliphatic carbocycles. The summed E-state index contributed by atoms with van der Waals surface area (Å²) in [6, 6.07) is 10.4. The molecule has 2 aromatic rings. The quantitative estimate of drug-likeness (QED) is 0.800. The molecule has 1 N–H and O–H groups in total. The zero-order chi connectivity index (χ0) is 22.0. The van der Waals surface area contributed by atoms with Crippen molar-refractivity contribution in [3.63, 3.8) is 0 Å². The molecule has 4 rings (SSSR count). The lowest BCUT2D eigenvalue weighted by molar-refractivity contribution is -0.128. The van der Waals surface area contributed by atoms with Crippen molar-refractivity contribution < 1.29 is 23.1 Å². The lowest BCUT2D eigenvalue weighted by atomic mass is 9.83. The van der Waals surface area contributed by atoms with E-state index in [0.717, 1.165) is 18.4 Å². The number of carbonyl (C=O) groups is 2. The Morgan fingerprint density at radius 2 is 1.61 bits per heavy atom. The highest BCUT2D eigenvalue weighted by atomic mass is 19.1. The van der Waals surface area contributed by atoms with Gasteiger partial charge in [-0.1, -0.05) is 19.1 Å².